The van der Waals surface area contributed by atoms with Gasteiger partial charge in [0.05, 0.1) is 38.5 Å². The zero-order chi connectivity index (χ0) is 23.2. The molecule has 6 atom stereocenters. The molecule has 0 radical (unpaired) electrons. The Hall–Kier alpha value is -3.14. The summed E-state index contributed by atoms with van der Waals surface area (Å²) in [6, 6.07) is 3.07. The molecule has 33 heavy (non-hydrogen) atoms. The SMILES string of the molecule is COc1cc2c(cc1OC)[C@]13CCN4C(=O)C(=O)[C@@H](C[C@@H]41)[C@H]1[C@@H]3N2C(=O)C[C@H]1OCC(=O)O. The predicted octanol–water partition coefficient (Wildman–Crippen LogP) is 0.350. The number of methoxy groups -OCH3 is 2. The van der Waals surface area contributed by atoms with Crippen LogP contribution < -0.4 is 14.4 Å². The first-order valence-corrected chi connectivity index (χ1v) is 11.1. The van der Waals surface area contributed by atoms with E-state index in [9.17, 15) is 24.3 Å². The molecule has 1 saturated carbocycles. The second kappa shape index (κ2) is 6.69. The van der Waals surface area contributed by atoms with E-state index in [4.69, 9.17) is 14.2 Å². The zero-order valence-electron chi connectivity index (χ0n) is 18.3. The summed E-state index contributed by atoms with van der Waals surface area (Å²) in [5, 5.41) is 9.18. The lowest BCUT2D eigenvalue weighted by Crippen LogP contribution is -2.71. The fourth-order valence-electron chi connectivity index (χ4n) is 7.35. The fourth-order valence-corrected chi connectivity index (χ4v) is 7.35. The fraction of sp³-hybridized carbons (Fsp3) is 0.565. The molecule has 1 aromatic rings. The molecule has 4 fully saturated rings. The van der Waals surface area contributed by atoms with E-state index in [2.05, 4.69) is 0 Å². The average Bonchev–Trinajstić information content (AvgIpc) is 3.34. The molecule has 10 heteroatoms. The molecule has 10 nitrogen and oxygen atoms in total. The summed E-state index contributed by atoms with van der Waals surface area (Å²) in [7, 11) is 3.08. The van der Waals surface area contributed by atoms with Gasteiger partial charge in [0, 0.05) is 35.9 Å². The van der Waals surface area contributed by atoms with Crippen molar-refractivity contribution in [2.24, 2.45) is 11.8 Å². The number of ether oxygens (including phenoxy) is 3. The third kappa shape index (κ3) is 2.36. The molecule has 5 aliphatic rings. The van der Waals surface area contributed by atoms with E-state index in [1.54, 1.807) is 23.0 Å². The molecular weight excluding hydrogens is 432 g/mol. The summed E-state index contributed by atoms with van der Waals surface area (Å²) in [4.78, 5) is 54.3. The Balaban J connectivity index is 1.58. The number of Topliss-reactive ketones (excluding diaryl/α,β-unsaturated/α-hetero) is 1. The molecule has 0 aromatic heterocycles. The number of aliphatic carboxylic acids is 1. The van der Waals surface area contributed by atoms with Crippen LogP contribution in [0.5, 0.6) is 11.5 Å². The predicted molar refractivity (Wildman–Crippen MR) is 111 cm³/mol. The van der Waals surface area contributed by atoms with Gasteiger partial charge in [-0.3, -0.25) is 14.4 Å². The molecule has 1 N–H and O–H groups in total. The van der Waals surface area contributed by atoms with E-state index in [-0.39, 0.29) is 18.4 Å². The van der Waals surface area contributed by atoms with Crippen LogP contribution in [0.1, 0.15) is 24.8 Å². The molecule has 1 aliphatic carbocycles. The first-order chi connectivity index (χ1) is 15.8. The first-order valence-electron chi connectivity index (χ1n) is 11.1. The Labute approximate surface area is 189 Å². The number of ketones is 1. The number of hydrogen-bond donors (Lipinski definition) is 1. The molecule has 4 aliphatic heterocycles. The minimum atomic E-state index is -1.14. The van der Waals surface area contributed by atoms with E-state index in [1.807, 2.05) is 6.07 Å². The Morgan fingerprint density at radius 2 is 1.91 bits per heavy atom. The maximum atomic E-state index is 13.5. The number of fused-ring (bicyclic) bond motifs is 4. The van der Waals surface area contributed by atoms with E-state index in [0.717, 1.165) is 5.56 Å². The van der Waals surface area contributed by atoms with Crippen molar-refractivity contribution in [1.29, 1.82) is 0 Å². The molecule has 1 spiro atoms. The topological polar surface area (TPSA) is 123 Å². The van der Waals surface area contributed by atoms with Crippen LogP contribution in [0.3, 0.4) is 0 Å². The molecule has 4 heterocycles. The van der Waals surface area contributed by atoms with Gasteiger partial charge in [-0.15, -0.1) is 0 Å². The number of carbonyl (C=O) groups is 4. The summed E-state index contributed by atoms with van der Waals surface area (Å²) in [6.45, 7) is -0.130. The van der Waals surface area contributed by atoms with Crippen molar-refractivity contribution in [3.63, 3.8) is 0 Å². The Morgan fingerprint density at radius 3 is 2.61 bits per heavy atom. The smallest absolute Gasteiger partial charge is 0.329 e. The second-order valence-corrected chi connectivity index (χ2v) is 9.47. The van der Waals surface area contributed by atoms with Crippen molar-refractivity contribution in [3.05, 3.63) is 17.7 Å². The van der Waals surface area contributed by atoms with Crippen LogP contribution in [0.15, 0.2) is 12.1 Å². The molecule has 174 valence electrons. The second-order valence-electron chi connectivity index (χ2n) is 9.47. The van der Waals surface area contributed by atoms with Crippen molar-refractivity contribution < 1.29 is 38.5 Å². The number of benzene rings is 1. The van der Waals surface area contributed by atoms with Crippen molar-refractivity contribution in [2.45, 2.75) is 42.9 Å². The zero-order valence-corrected chi connectivity index (χ0v) is 18.3. The van der Waals surface area contributed by atoms with Crippen LogP contribution in [-0.4, -0.2) is 79.1 Å². The minimum Gasteiger partial charge on any atom is -0.493 e. The lowest BCUT2D eigenvalue weighted by atomic mass is 9.54. The van der Waals surface area contributed by atoms with Crippen molar-refractivity contribution in [3.8, 4) is 11.5 Å². The van der Waals surface area contributed by atoms with Gasteiger partial charge in [0.25, 0.3) is 5.91 Å². The molecule has 2 bridgehead atoms. The molecule has 0 unspecified atom stereocenters. The van der Waals surface area contributed by atoms with Crippen molar-refractivity contribution in [2.75, 3.05) is 32.3 Å². The highest BCUT2D eigenvalue weighted by Crippen LogP contribution is 2.65. The average molecular weight is 456 g/mol. The standard InChI is InChI=1S/C23H24N2O8/c1-31-13-6-11-12(7-14(13)32-2)25-17(26)8-15(33-9-18(27)28)19-10-5-16-23(11,21(19)25)3-4-24(16)22(30)20(10)29/h6-7,10,15-16,19,21H,3-5,8-9H2,1-2H3,(H,27,28)/t10-,15+,16+,19+,21-,23+/m0/s1. The van der Waals surface area contributed by atoms with Crippen LogP contribution >= 0.6 is 0 Å². The number of piperidine rings is 2. The number of amides is 2. The van der Waals surface area contributed by atoms with Crippen LogP contribution in [-0.2, 0) is 29.3 Å². The summed E-state index contributed by atoms with van der Waals surface area (Å²) in [6.07, 6.45) is 0.279. The van der Waals surface area contributed by atoms with Gasteiger partial charge >= 0.3 is 5.97 Å². The quantitative estimate of drug-likeness (QED) is 0.630. The number of nitrogens with zero attached hydrogens (tertiary/aromatic N) is 2. The van der Waals surface area contributed by atoms with Crippen LogP contribution in [0.25, 0.3) is 0 Å². The highest BCUT2D eigenvalue weighted by Gasteiger charge is 2.73. The Kier molecular flexibility index (Phi) is 4.15. The van der Waals surface area contributed by atoms with Gasteiger partial charge in [-0.2, -0.15) is 0 Å². The number of carboxylic acids is 1. The molecular formula is C23H24N2O8. The molecule has 1 aromatic carbocycles. The normalized spacial score (nSPS) is 35.5. The van der Waals surface area contributed by atoms with Gasteiger partial charge < -0.3 is 29.1 Å². The maximum absolute atomic E-state index is 13.5. The van der Waals surface area contributed by atoms with Crippen molar-refractivity contribution in [1.82, 2.24) is 4.90 Å². The lowest BCUT2D eigenvalue weighted by Gasteiger charge is -2.57. The summed E-state index contributed by atoms with van der Waals surface area (Å²) in [5.41, 5.74) is 1.04. The third-order valence-electron chi connectivity index (χ3n) is 8.42. The third-order valence-corrected chi connectivity index (χ3v) is 8.42. The highest BCUT2D eigenvalue weighted by molar-refractivity contribution is 6.38. The largest absolute Gasteiger partial charge is 0.493 e. The van der Waals surface area contributed by atoms with Gasteiger partial charge in [-0.05, 0) is 24.5 Å². The van der Waals surface area contributed by atoms with Crippen LogP contribution in [0.4, 0.5) is 5.69 Å². The Bertz CT molecular complexity index is 1120. The monoisotopic (exact) mass is 456 g/mol. The van der Waals surface area contributed by atoms with Gasteiger partial charge in [0.1, 0.15) is 6.61 Å². The molecule has 6 rings (SSSR count). The van der Waals surface area contributed by atoms with Crippen molar-refractivity contribution >= 4 is 29.3 Å². The number of carbonyl (C=O) groups excluding carboxylic acids is 3. The first kappa shape index (κ1) is 20.5. The summed E-state index contributed by atoms with van der Waals surface area (Å²) < 4.78 is 16.8. The number of hydrogen-bond acceptors (Lipinski definition) is 7. The van der Waals surface area contributed by atoms with E-state index in [1.165, 1.54) is 7.11 Å². The minimum absolute atomic E-state index is 0.0509. The maximum Gasteiger partial charge on any atom is 0.329 e. The van der Waals surface area contributed by atoms with Gasteiger partial charge in [0.2, 0.25) is 11.7 Å². The number of carboxylic acid groups (broad SMARTS) is 1. The summed E-state index contributed by atoms with van der Waals surface area (Å²) in [5.74, 6) is -2.33. The van der Waals surface area contributed by atoms with E-state index >= 15 is 0 Å². The van der Waals surface area contributed by atoms with Gasteiger partial charge in [-0.1, -0.05) is 0 Å². The van der Waals surface area contributed by atoms with Crippen LogP contribution in [0.2, 0.25) is 0 Å². The Morgan fingerprint density at radius 1 is 1.18 bits per heavy atom. The number of rotatable bonds is 5. The lowest BCUT2D eigenvalue weighted by molar-refractivity contribution is -0.166. The summed E-state index contributed by atoms with van der Waals surface area (Å²) >= 11 is 0. The van der Waals surface area contributed by atoms with Crippen LogP contribution in [0, 0.1) is 11.8 Å². The van der Waals surface area contributed by atoms with Gasteiger partial charge in [-0.25, -0.2) is 4.79 Å². The number of anilines is 1. The van der Waals surface area contributed by atoms with E-state index < -0.39 is 53.7 Å². The van der Waals surface area contributed by atoms with Gasteiger partial charge in [0.15, 0.2) is 11.5 Å². The molecule has 2 amide bonds. The molecule has 3 saturated heterocycles. The highest BCUT2D eigenvalue weighted by atomic mass is 16.5. The van der Waals surface area contributed by atoms with E-state index in [0.29, 0.717) is 36.6 Å².